The molecule has 21 heteroatoms. The number of likely N-dealkylation sites (N-methyl/N-ethyl adjacent to an activating group) is 1. The first-order valence-electron chi connectivity index (χ1n) is 23.0. The van der Waals surface area contributed by atoms with Gasteiger partial charge in [-0.25, -0.2) is 20.7 Å². The second kappa shape index (κ2) is 21.9. The molecule has 1 aromatic rings. The Morgan fingerprint density at radius 1 is 0.909 bits per heavy atom. The number of amides is 6. The van der Waals surface area contributed by atoms with E-state index in [1.165, 1.54) is 14.0 Å². The van der Waals surface area contributed by atoms with Crippen molar-refractivity contribution in [3.05, 3.63) is 35.9 Å². The molecule has 0 spiro atoms. The van der Waals surface area contributed by atoms with E-state index in [1.807, 2.05) is 13.8 Å². The molecule has 4 aliphatic rings. The number of aliphatic hydroxyl groups excluding tert-OH is 1. The highest BCUT2D eigenvalue weighted by Crippen LogP contribution is 2.40. The maximum absolute atomic E-state index is 15.0. The molecule has 66 heavy (non-hydrogen) atoms. The lowest BCUT2D eigenvalue weighted by Crippen LogP contribution is -2.70. The lowest BCUT2D eigenvalue weighted by Gasteiger charge is -2.47. The van der Waals surface area contributed by atoms with Crippen molar-refractivity contribution < 1.29 is 63.6 Å². The monoisotopic (exact) mass is 931 g/mol. The number of nitrogens with zero attached hydrogens (tertiary/aromatic N) is 4. The van der Waals surface area contributed by atoms with Crippen LogP contribution in [0.5, 0.6) is 0 Å². The van der Waals surface area contributed by atoms with Crippen molar-refractivity contribution in [3.8, 4) is 0 Å². The van der Waals surface area contributed by atoms with E-state index in [2.05, 4.69) is 21.5 Å². The van der Waals surface area contributed by atoms with Gasteiger partial charge in [0.05, 0.1) is 12.7 Å². The molecule has 0 radical (unpaired) electrons. The Morgan fingerprint density at radius 3 is 2.09 bits per heavy atom. The zero-order valence-electron chi connectivity index (χ0n) is 39.3. The lowest BCUT2D eigenvalue weighted by molar-refractivity contribution is -0.326. The van der Waals surface area contributed by atoms with Crippen LogP contribution in [0, 0.1) is 17.8 Å². The van der Waals surface area contributed by atoms with Gasteiger partial charge in [-0.05, 0) is 82.6 Å². The Kier molecular flexibility index (Phi) is 17.3. The highest BCUT2D eigenvalue weighted by Gasteiger charge is 2.57. The number of benzene rings is 1. The first kappa shape index (κ1) is 52.2. The molecule has 4 fully saturated rings. The molecule has 4 aliphatic heterocycles. The molecule has 6 amide bonds. The van der Waals surface area contributed by atoms with Crippen LogP contribution in [0.2, 0.25) is 0 Å². The number of hydroxylamine groups is 2. The van der Waals surface area contributed by atoms with E-state index >= 15 is 4.79 Å². The third-order valence-electron chi connectivity index (χ3n) is 13.3. The Balaban J connectivity index is 1.58. The average Bonchev–Trinajstić information content (AvgIpc) is 3.29. The Bertz CT molecular complexity index is 1920. The van der Waals surface area contributed by atoms with Crippen LogP contribution in [0.15, 0.2) is 30.3 Å². The van der Waals surface area contributed by atoms with Crippen molar-refractivity contribution in [2.75, 3.05) is 26.7 Å². The summed E-state index contributed by atoms with van der Waals surface area (Å²) in [5, 5.41) is 52.8. The molecule has 0 unspecified atom stereocenters. The van der Waals surface area contributed by atoms with Gasteiger partial charge >= 0.3 is 5.97 Å². The van der Waals surface area contributed by atoms with Crippen molar-refractivity contribution in [2.45, 2.75) is 160 Å². The maximum atomic E-state index is 15.0. The molecule has 4 saturated heterocycles. The zero-order chi connectivity index (χ0) is 48.8. The molecule has 0 bridgehead atoms. The Labute approximate surface area is 385 Å². The Hall–Kier alpha value is -4.77. The standard InChI is InChI=1S/C45H70N8O13/c1-25(2)22-30-18-19-45(63,66-28(30)6)44(7,62)43(61)49-35-36(26(3)4)65-42(60)31(24-54)48-37(55)32-16-12-20-46-51(32)39(57)34(23-29-14-10-9-11-15-29)50(8)38(56)27(5)53(64)40(58)33-17-13-21-47-52(33)41(35)59/h9-11,14-15,25-28,30-36,46-47,54,62-64H,12-13,16-24H2,1-8H3,(H,48,55)(H,49,61)/t27-,28+,30+,31+,32-,33+,34-,35-,36-,44-,45+/m0/s1. The highest BCUT2D eigenvalue weighted by atomic mass is 16.6. The van der Waals surface area contributed by atoms with Gasteiger partial charge in [0.1, 0.15) is 36.3 Å². The number of hydrogen-bond donors (Lipinski definition) is 8. The average molecular weight is 931 g/mol. The number of fused-ring (bicyclic) bond motifs is 2. The SMILES string of the molecule is CC(C)C[C@H]1CC[C@](O)([C@@](C)(O)C(=O)N[C@@H]2C(=O)N3NCCC[C@@H]3C(=O)N(O)[C@@H](C)C(=O)N(C)[C@@H](Cc3ccccc3)C(=O)N3NCCC[C@H]3C(=O)N[C@H](CO)C(=O)O[C@H]2C(C)C)O[C@@H]1C. The van der Waals surface area contributed by atoms with E-state index in [0.29, 0.717) is 30.7 Å². The second-order valence-electron chi connectivity index (χ2n) is 19.0. The summed E-state index contributed by atoms with van der Waals surface area (Å²) in [6.07, 6.45) is -0.464. The summed E-state index contributed by atoms with van der Waals surface area (Å²) in [7, 11) is 1.33. The van der Waals surface area contributed by atoms with E-state index in [0.717, 1.165) is 28.3 Å². The number of ether oxygens (including phenoxy) is 2. The van der Waals surface area contributed by atoms with Gasteiger partial charge in [-0.2, -0.15) is 0 Å². The van der Waals surface area contributed by atoms with Crippen LogP contribution in [0.4, 0.5) is 0 Å². The van der Waals surface area contributed by atoms with Crippen LogP contribution in [0.3, 0.4) is 0 Å². The van der Waals surface area contributed by atoms with Gasteiger partial charge in [0.15, 0.2) is 11.6 Å². The van der Waals surface area contributed by atoms with E-state index in [1.54, 1.807) is 51.1 Å². The number of carbonyl (C=O) groups excluding carboxylic acids is 7. The van der Waals surface area contributed by atoms with Crippen LogP contribution in [-0.4, -0.2) is 169 Å². The molecule has 4 heterocycles. The summed E-state index contributed by atoms with van der Waals surface area (Å²) in [6, 6.07) is -0.640. The van der Waals surface area contributed by atoms with Gasteiger partial charge in [0.25, 0.3) is 23.6 Å². The van der Waals surface area contributed by atoms with Crippen LogP contribution < -0.4 is 21.5 Å². The van der Waals surface area contributed by atoms with Gasteiger partial charge in [-0.15, -0.1) is 0 Å². The number of rotatable bonds is 9. The maximum Gasteiger partial charge on any atom is 0.331 e. The predicted molar refractivity (Wildman–Crippen MR) is 235 cm³/mol. The first-order chi connectivity index (χ1) is 31.0. The summed E-state index contributed by atoms with van der Waals surface area (Å²) < 4.78 is 11.9. The molecule has 368 valence electrons. The number of esters is 1. The quantitative estimate of drug-likeness (QED) is 0.115. The van der Waals surface area contributed by atoms with Crippen LogP contribution in [-0.2, 0) is 49.5 Å². The number of hydrazine groups is 2. The molecule has 21 nitrogen and oxygen atoms in total. The fraction of sp³-hybridized carbons (Fsp3) is 0.711. The second-order valence-corrected chi connectivity index (χ2v) is 19.0. The molecule has 0 aromatic heterocycles. The summed E-state index contributed by atoms with van der Waals surface area (Å²) in [4.78, 5) is 102. The molecule has 11 atom stereocenters. The lowest BCUT2D eigenvalue weighted by atomic mass is 9.79. The fourth-order valence-corrected chi connectivity index (χ4v) is 9.20. The number of nitrogens with one attached hydrogen (secondary N) is 4. The van der Waals surface area contributed by atoms with Crippen LogP contribution in [0.25, 0.3) is 0 Å². The number of aliphatic hydroxyl groups is 3. The normalized spacial score (nSPS) is 32.4. The molecule has 1 aromatic carbocycles. The van der Waals surface area contributed by atoms with Crippen LogP contribution >= 0.6 is 0 Å². The van der Waals surface area contributed by atoms with E-state index in [4.69, 9.17) is 9.47 Å². The smallest absolute Gasteiger partial charge is 0.331 e. The van der Waals surface area contributed by atoms with Gasteiger partial charge < -0.3 is 40.3 Å². The van der Waals surface area contributed by atoms with E-state index < -0.39 is 114 Å². The molecule has 0 aliphatic carbocycles. The topological polar surface area (TPSA) is 280 Å². The summed E-state index contributed by atoms with van der Waals surface area (Å²) in [5.74, 6) is -10.1. The minimum atomic E-state index is -2.72. The van der Waals surface area contributed by atoms with Gasteiger partial charge in [-0.3, -0.25) is 44.0 Å². The van der Waals surface area contributed by atoms with Crippen molar-refractivity contribution in [1.29, 1.82) is 0 Å². The molecule has 0 saturated carbocycles. The molecule has 8 N–H and O–H groups in total. The number of cyclic esters (lactones) is 1. The van der Waals surface area contributed by atoms with Gasteiger partial charge in [0.2, 0.25) is 17.6 Å². The minimum Gasteiger partial charge on any atom is -0.458 e. The summed E-state index contributed by atoms with van der Waals surface area (Å²) in [5.41, 5.74) is 3.71. The number of carbonyl (C=O) groups is 7. The largest absolute Gasteiger partial charge is 0.458 e. The van der Waals surface area contributed by atoms with Crippen molar-refractivity contribution in [1.82, 2.24) is 41.5 Å². The van der Waals surface area contributed by atoms with E-state index in [9.17, 15) is 49.3 Å². The first-order valence-corrected chi connectivity index (χ1v) is 23.0. The number of hydrogen-bond acceptors (Lipinski definition) is 15. The molecular weight excluding hydrogens is 861 g/mol. The Morgan fingerprint density at radius 2 is 1.52 bits per heavy atom. The van der Waals surface area contributed by atoms with E-state index in [-0.39, 0.29) is 49.8 Å². The van der Waals surface area contributed by atoms with Crippen LogP contribution in [0.1, 0.15) is 99.0 Å². The minimum absolute atomic E-state index is 0.0133. The van der Waals surface area contributed by atoms with Crippen molar-refractivity contribution in [2.24, 2.45) is 17.8 Å². The predicted octanol–water partition coefficient (Wildman–Crippen LogP) is -0.502. The highest BCUT2D eigenvalue weighted by molar-refractivity contribution is 5.97. The third-order valence-corrected chi connectivity index (χ3v) is 13.3. The van der Waals surface area contributed by atoms with Crippen molar-refractivity contribution >= 4 is 41.4 Å². The van der Waals surface area contributed by atoms with Gasteiger partial charge in [0, 0.05) is 33.0 Å². The van der Waals surface area contributed by atoms with Gasteiger partial charge in [-0.1, -0.05) is 58.0 Å². The third kappa shape index (κ3) is 11.3. The molecular formula is C45H70N8O13. The molecule has 5 rings (SSSR count). The summed E-state index contributed by atoms with van der Waals surface area (Å²) in [6.45, 7) is 10.6. The zero-order valence-corrected chi connectivity index (χ0v) is 39.3. The fourth-order valence-electron chi connectivity index (χ4n) is 9.20. The van der Waals surface area contributed by atoms with Crippen molar-refractivity contribution in [3.63, 3.8) is 0 Å². The summed E-state index contributed by atoms with van der Waals surface area (Å²) >= 11 is 0.